The monoisotopic (exact) mass is 141 g/mol. The van der Waals surface area contributed by atoms with Gasteiger partial charge in [0.2, 0.25) is 0 Å². The van der Waals surface area contributed by atoms with Crippen molar-refractivity contribution in [3.63, 3.8) is 0 Å². The minimum Gasteiger partial charge on any atom is -0.452 e. The van der Waals surface area contributed by atoms with Crippen molar-refractivity contribution in [3.8, 4) is 0 Å². The highest BCUT2D eigenvalue weighted by Gasteiger charge is 1.89. The molecule has 0 aliphatic carbocycles. The van der Waals surface area contributed by atoms with Crippen LogP contribution in [0.25, 0.3) is 0 Å². The molecule has 1 heterocycles. The molecule has 0 aromatic carbocycles. The van der Waals surface area contributed by atoms with Gasteiger partial charge in [-0.15, -0.1) is 0 Å². The van der Waals surface area contributed by atoms with Crippen LogP contribution in [0.3, 0.4) is 0 Å². The Labute approximate surface area is 57.1 Å². The summed E-state index contributed by atoms with van der Waals surface area (Å²) in [7, 11) is 0. The molecule has 0 unspecified atom stereocenters. The van der Waals surface area contributed by atoms with Gasteiger partial charge >= 0.3 is 6.47 Å². The van der Waals surface area contributed by atoms with Crippen LogP contribution in [0.15, 0.2) is 16.8 Å². The van der Waals surface area contributed by atoms with Crippen molar-refractivity contribution >= 4 is 17.8 Å². The molecule has 0 saturated carbocycles. The molecule has 9 heavy (non-hydrogen) atoms. The van der Waals surface area contributed by atoms with E-state index in [1.54, 1.807) is 11.3 Å². The third-order valence-electron chi connectivity index (χ3n) is 0.878. The summed E-state index contributed by atoms with van der Waals surface area (Å²) in [6.07, 6.45) is 0. The Morgan fingerprint density at radius 3 is 3.22 bits per heavy atom. The average molecular weight is 141 g/mol. The lowest BCUT2D eigenvalue weighted by Crippen LogP contribution is -1.85. The molecule has 0 saturated heterocycles. The number of thiophene rings is 1. The number of ether oxygens (including phenoxy) is 1. The van der Waals surface area contributed by atoms with Crippen LogP contribution in [0.2, 0.25) is 0 Å². The van der Waals surface area contributed by atoms with E-state index < -0.39 is 0 Å². The Balaban J connectivity index is 2.38. The molecule has 0 atom stereocenters. The van der Waals surface area contributed by atoms with Crippen molar-refractivity contribution in [1.29, 1.82) is 0 Å². The molecule has 1 radical (unpaired) electrons. The van der Waals surface area contributed by atoms with Gasteiger partial charge in [-0.2, -0.15) is 11.3 Å². The average Bonchev–Trinajstić information content (AvgIpc) is 2.34. The zero-order valence-electron chi connectivity index (χ0n) is 4.66. The second-order valence-corrected chi connectivity index (χ2v) is 2.28. The van der Waals surface area contributed by atoms with E-state index in [4.69, 9.17) is 0 Å². The highest BCUT2D eigenvalue weighted by molar-refractivity contribution is 7.07. The van der Waals surface area contributed by atoms with Gasteiger partial charge in [-0.05, 0) is 16.8 Å². The van der Waals surface area contributed by atoms with Gasteiger partial charge in [-0.3, -0.25) is 0 Å². The Morgan fingerprint density at radius 2 is 2.67 bits per heavy atom. The highest BCUT2D eigenvalue weighted by Crippen LogP contribution is 2.05. The highest BCUT2D eigenvalue weighted by atomic mass is 32.1. The number of hydrogen-bond donors (Lipinski definition) is 0. The molecule has 1 aromatic rings. The van der Waals surface area contributed by atoms with Gasteiger partial charge < -0.3 is 4.74 Å². The second-order valence-electron chi connectivity index (χ2n) is 1.50. The SMILES string of the molecule is O=[C]OCc1ccsc1. The quantitative estimate of drug-likeness (QED) is 0.634. The van der Waals surface area contributed by atoms with Crippen LogP contribution in [0.5, 0.6) is 0 Å². The van der Waals surface area contributed by atoms with Gasteiger partial charge in [0.05, 0.1) is 0 Å². The van der Waals surface area contributed by atoms with Crippen molar-refractivity contribution in [3.05, 3.63) is 22.4 Å². The summed E-state index contributed by atoms with van der Waals surface area (Å²) in [6, 6.07) is 1.90. The maximum absolute atomic E-state index is 9.56. The van der Waals surface area contributed by atoms with Crippen molar-refractivity contribution in [2.75, 3.05) is 0 Å². The zero-order chi connectivity index (χ0) is 6.53. The Morgan fingerprint density at radius 1 is 1.78 bits per heavy atom. The maximum atomic E-state index is 9.56. The molecule has 1 aromatic heterocycles. The number of hydrogen-bond acceptors (Lipinski definition) is 3. The molecule has 0 bridgehead atoms. The number of carbonyl (C=O) groups excluding carboxylic acids is 1. The minimum atomic E-state index is 0.340. The fourth-order valence-electron chi connectivity index (χ4n) is 0.488. The van der Waals surface area contributed by atoms with Crippen molar-refractivity contribution in [1.82, 2.24) is 0 Å². The molecule has 0 amide bonds. The maximum Gasteiger partial charge on any atom is 0.417 e. The van der Waals surface area contributed by atoms with E-state index in [0.29, 0.717) is 6.61 Å². The van der Waals surface area contributed by atoms with E-state index in [9.17, 15) is 4.79 Å². The largest absolute Gasteiger partial charge is 0.452 e. The molecular formula is C6H5O2S. The summed E-state index contributed by atoms with van der Waals surface area (Å²) >= 11 is 1.58. The lowest BCUT2D eigenvalue weighted by atomic mass is 10.4. The summed E-state index contributed by atoms with van der Waals surface area (Å²) in [5.41, 5.74) is 1.02. The molecule has 0 spiro atoms. The first-order valence-electron chi connectivity index (χ1n) is 2.43. The van der Waals surface area contributed by atoms with E-state index >= 15 is 0 Å². The second kappa shape index (κ2) is 3.25. The summed E-state index contributed by atoms with van der Waals surface area (Å²) in [4.78, 5) is 9.56. The van der Waals surface area contributed by atoms with E-state index in [0.717, 1.165) is 5.56 Å². The van der Waals surface area contributed by atoms with Crippen LogP contribution in [0, 0.1) is 0 Å². The van der Waals surface area contributed by atoms with E-state index in [-0.39, 0.29) is 0 Å². The predicted octanol–water partition coefficient (Wildman–Crippen LogP) is 1.33. The minimum absolute atomic E-state index is 0.340. The van der Waals surface area contributed by atoms with Gasteiger partial charge in [0.1, 0.15) is 6.61 Å². The normalized spacial score (nSPS) is 8.89. The lowest BCUT2D eigenvalue weighted by Gasteiger charge is -1.89. The van der Waals surface area contributed by atoms with Crippen LogP contribution in [0.4, 0.5) is 0 Å². The van der Waals surface area contributed by atoms with Crippen molar-refractivity contribution < 1.29 is 9.53 Å². The predicted molar refractivity (Wildman–Crippen MR) is 34.8 cm³/mol. The zero-order valence-corrected chi connectivity index (χ0v) is 5.48. The Bertz CT molecular complexity index is 169. The lowest BCUT2D eigenvalue weighted by molar-refractivity contribution is 0.267. The summed E-state index contributed by atoms with van der Waals surface area (Å²) in [5.74, 6) is 0. The molecule has 0 N–H and O–H groups in total. The fourth-order valence-corrected chi connectivity index (χ4v) is 1.14. The van der Waals surface area contributed by atoms with Gasteiger partial charge in [-0.1, -0.05) is 0 Å². The first-order valence-corrected chi connectivity index (χ1v) is 3.38. The molecule has 0 aliphatic rings. The van der Waals surface area contributed by atoms with Crippen molar-refractivity contribution in [2.24, 2.45) is 0 Å². The van der Waals surface area contributed by atoms with Crippen molar-refractivity contribution in [2.45, 2.75) is 6.61 Å². The molecule has 3 heteroatoms. The summed E-state index contributed by atoms with van der Waals surface area (Å²) in [6.45, 7) is 1.70. The van der Waals surface area contributed by atoms with Crippen LogP contribution >= 0.6 is 11.3 Å². The van der Waals surface area contributed by atoms with Gasteiger partial charge in [0.15, 0.2) is 0 Å². The first kappa shape index (κ1) is 6.29. The molecular weight excluding hydrogens is 136 g/mol. The first-order chi connectivity index (χ1) is 4.43. The third kappa shape index (κ3) is 1.85. The van der Waals surface area contributed by atoms with Crippen LogP contribution in [0.1, 0.15) is 5.56 Å². The van der Waals surface area contributed by atoms with Crippen LogP contribution < -0.4 is 0 Å². The Kier molecular flexibility index (Phi) is 2.27. The van der Waals surface area contributed by atoms with Crippen LogP contribution in [-0.4, -0.2) is 6.47 Å². The van der Waals surface area contributed by atoms with Gasteiger partial charge in [0.25, 0.3) is 0 Å². The van der Waals surface area contributed by atoms with E-state index in [2.05, 4.69) is 4.74 Å². The molecule has 1 rings (SSSR count). The third-order valence-corrected chi connectivity index (χ3v) is 1.61. The molecule has 47 valence electrons. The fraction of sp³-hybridized carbons (Fsp3) is 0.167. The van der Waals surface area contributed by atoms with E-state index in [1.165, 1.54) is 6.47 Å². The van der Waals surface area contributed by atoms with Gasteiger partial charge in [0, 0.05) is 5.56 Å². The number of rotatable bonds is 3. The van der Waals surface area contributed by atoms with Crippen LogP contribution in [-0.2, 0) is 16.1 Å². The smallest absolute Gasteiger partial charge is 0.417 e. The summed E-state index contributed by atoms with van der Waals surface area (Å²) in [5, 5.41) is 3.86. The molecule has 2 nitrogen and oxygen atoms in total. The standard InChI is InChI=1S/C6H5O2S/c7-5-8-3-6-1-2-9-4-6/h1-2,4H,3H2. The van der Waals surface area contributed by atoms with Gasteiger partial charge in [-0.25, -0.2) is 4.79 Å². The summed E-state index contributed by atoms with van der Waals surface area (Å²) < 4.78 is 4.38. The molecule has 0 aliphatic heterocycles. The topological polar surface area (TPSA) is 26.3 Å². The Hall–Kier alpha value is -0.830. The van der Waals surface area contributed by atoms with E-state index in [1.807, 2.05) is 16.8 Å². The molecule has 0 fully saturated rings.